The Hall–Kier alpha value is -3.91. The number of aromatic nitrogens is 2. The van der Waals surface area contributed by atoms with Crippen molar-refractivity contribution < 1.29 is 13.9 Å². The van der Waals surface area contributed by atoms with Crippen LogP contribution in [0.3, 0.4) is 0 Å². The number of furan rings is 1. The molecule has 2 aromatic heterocycles. The molecule has 0 bridgehead atoms. The summed E-state index contributed by atoms with van der Waals surface area (Å²) in [5.74, 6) is 1.61. The minimum absolute atomic E-state index is 0.204. The highest BCUT2D eigenvalue weighted by atomic mass is 16.5. The number of benzene rings is 2. The molecule has 8 heteroatoms. The molecule has 1 amide bonds. The lowest BCUT2D eigenvalue weighted by molar-refractivity contribution is 0.0927. The van der Waals surface area contributed by atoms with Crippen molar-refractivity contribution in [3.63, 3.8) is 0 Å². The van der Waals surface area contributed by atoms with Crippen LogP contribution < -0.4 is 15.0 Å². The molecule has 8 nitrogen and oxygen atoms in total. The number of hydrogen-bond donors (Lipinski definition) is 1. The second-order valence-electron chi connectivity index (χ2n) is 8.52. The lowest BCUT2D eigenvalue weighted by Gasteiger charge is -2.34. The second-order valence-corrected chi connectivity index (χ2v) is 8.52. The summed E-state index contributed by atoms with van der Waals surface area (Å²) in [5.41, 5.74) is 2.38. The quantitative estimate of drug-likeness (QED) is 0.391. The fourth-order valence-electron chi connectivity index (χ4n) is 4.47. The predicted octanol–water partition coefficient (Wildman–Crippen LogP) is 3.84. The topological polar surface area (TPSA) is 83.7 Å². The number of methoxy groups -OCH3 is 1. The molecule has 0 aliphatic carbocycles. The lowest BCUT2D eigenvalue weighted by atomic mass is 10.0. The first-order chi connectivity index (χ1) is 17.2. The maximum atomic E-state index is 13.1. The second kappa shape index (κ2) is 10.6. The van der Waals surface area contributed by atoms with E-state index in [1.54, 1.807) is 19.5 Å². The molecule has 1 saturated heterocycles. The van der Waals surface area contributed by atoms with Crippen LogP contribution in [0.4, 0.5) is 5.95 Å². The summed E-state index contributed by atoms with van der Waals surface area (Å²) in [5, 5.41) is 3.94. The highest BCUT2D eigenvalue weighted by Gasteiger charge is 2.22. The predicted molar refractivity (Wildman–Crippen MR) is 136 cm³/mol. The number of nitrogens with zero attached hydrogens (tertiary/aromatic N) is 4. The smallest absolute Gasteiger partial charge is 0.287 e. The van der Waals surface area contributed by atoms with Gasteiger partial charge in [0.1, 0.15) is 11.3 Å². The third kappa shape index (κ3) is 5.12. The van der Waals surface area contributed by atoms with Crippen LogP contribution in [0.15, 0.2) is 71.4 Å². The molecule has 1 fully saturated rings. The van der Waals surface area contributed by atoms with Gasteiger partial charge in [-0.05, 0) is 36.7 Å². The molecule has 0 spiro atoms. The third-order valence-corrected chi connectivity index (χ3v) is 6.31. The molecule has 0 radical (unpaired) electrons. The van der Waals surface area contributed by atoms with Crippen molar-refractivity contribution in [2.45, 2.75) is 6.42 Å². The van der Waals surface area contributed by atoms with Crippen LogP contribution in [0.25, 0.3) is 22.1 Å². The van der Waals surface area contributed by atoms with E-state index >= 15 is 0 Å². The summed E-state index contributed by atoms with van der Waals surface area (Å²) >= 11 is 0. The van der Waals surface area contributed by atoms with Crippen LogP contribution in [0.5, 0.6) is 5.75 Å². The largest absolute Gasteiger partial charge is 0.497 e. The van der Waals surface area contributed by atoms with Crippen LogP contribution in [0.1, 0.15) is 17.0 Å². The van der Waals surface area contributed by atoms with Crippen molar-refractivity contribution in [3.05, 3.63) is 72.8 Å². The molecule has 5 rings (SSSR count). The van der Waals surface area contributed by atoms with E-state index in [0.29, 0.717) is 23.6 Å². The van der Waals surface area contributed by atoms with Crippen LogP contribution in [0.2, 0.25) is 0 Å². The molecule has 0 atom stereocenters. The first-order valence-corrected chi connectivity index (χ1v) is 11.9. The number of rotatable bonds is 8. The lowest BCUT2D eigenvalue weighted by Crippen LogP contribution is -2.47. The van der Waals surface area contributed by atoms with Gasteiger partial charge in [0.2, 0.25) is 11.7 Å². The molecule has 4 aromatic rings. The number of anilines is 1. The van der Waals surface area contributed by atoms with Crippen LogP contribution in [-0.4, -0.2) is 67.2 Å². The Balaban J connectivity index is 1.19. The van der Waals surface area contributed by atoms with Gasteiger partial charge < -0.3 is 19.4 Å². The van der Waals surface area contributed by atoms with Gasteiger partial charge in [-0.15, -0.1) is 0 Å². The minimum Gasteiger partial charge on any atom is -0.497 e. The van der Waals surface area contributed by atoms with Crippen molar-refractivity contribution in [2.75, 3.05) is 51.3 Å². The number of carbonyl (C=O) groups excluding carboxylic acids is 1. The molecule has 2 aromatic carbocycles. The van der Waals surface area contributed by atoms with Gasteiger partial charge in [-0.3, -0.25) is 9.69 Å². The van der Waals surface area contributed by atoms with Crippen molar-refractivity contribution in [3.8, 4) is 16.9 Å². The molecule has 0 unspecified atom stereocenters. The fourth-order valence-corrected chi connectivity index (χ4v) is 4.47. The van der Waals surface area contributed by atoms with E-state index in [1.807, 2.05) is 54.6 Å². The Morgan fingerprint density at radius 2 is 1.80 bits per heavy atom. The number of ether oxygens (including phenoxy) is 1. The molecule has 180 valence electrons. The van der Waals surface area contributed by atoms with Crippen LogP contribution in [-0.2, 0) is 0 Å². The molecule has 0 saturated carbocycles. The first kappa shape index (κ1) is 22.9. The molecule has 35 heavy (non-hydrogen) atoms. The van der Waals surface area contributed by atoms with Crippen molar-refractivity contribution in [1.29, 1.82) is 0 Å². The molecular formula is C27H29N5O3. The van der Waals surface area contributed by atoms with E-state index in [4.69, 9.17) is 9.15 Å². The molecule has 1 aliphatic heterocycles. The van der Waals surface area contributed by atoms with Gasteiger partial charge in [-0.2, -0.15) is 0 Å². The SMILES string of the molecule is COc1ccc2c(-c3ccccc3)c(C(=O)NCCCN3CCN(c4ncccn4)CC3)oc2c1. The van der Waals surface area contributed by atoms with E-state index in [-0.39, 0.29) is 5.91 Å². The molecular weight excluding hydrogens is 442 g/mol. The molecule has 3 heterocycles. The summed E-state index contributed by atoms with van der Waals surface area (Å²) in [4.78, 5) is 26.4. The average molecular weight is 472 g/mol. The van der Waals surface area contributed by atoms with Gasteiger partial charge in [-0.25, -0.2) is 9.97 Å². The summed E-state index contributed by atoms with van der Waals surface area (Å²) < 4.78 is 11.4. The number of carbonyl (C=O) groups is 1. The van der Waals surface area contributed by atoms with Crippen LogP contribution in [0, 0.1) is 0 Å². The highest BCUT2D eigenvalue weighted by molar-refractivity contribution is 6.08. The Morgan fingerprint density at radius 3 is 2.54 bits per heavy atom. The highest BCUT2D eigenvalue weighted by Crippen LogP contribution is 2.36. The maximum Gasteiger partial charge on any atom is 0.287 e. The zero-order valence-corrected chi connectivity index (χ0v) is 19.8. The zero-order valence-electron chi connectivity index (χ0n) is 19.8. The van der Waals surface area contributed by atoms with Gasteiger partial charge in [0.25, 0.3) is 5.91 Å². The van der Waals surface area contributed by atoms with E-state index in [1.165, 1.54) is 0 Å². The van der Waals surface area contributed by atoms with Crippen LogP contribution >= 0.6 is 0 Å². The van der Waals surface area contributed by atoms with Gasteiger partial charge in [0.15, 0.2) is 0 Å². The van der Waals surface area contributed by atoms with Gasteiger partial charge in [0.05, 0.1) is 7.11 Å². The first-order valence-electron chi connectivity index (χ1n) is 11.9. The van der Waals surface area contributed by atoms with E-state index in [0.717, 1.165) is 61.6 Å². The standard InChI is InChI=1S/C27H29N5O3/c1-34-21-9-10-22-23(19-21)35-25(24(22)20-7-3-2-4-8-20)26(33)28-13-6-14-31-15-17-32(18-16-31)27-29-11-5-12-30-27/h2-5,7-12,19H,6,13-18H2,1H3,(H,28,33). The average Bonchev–Trinajstić information content (AvgIpc) is 3.31. The number of fused-ring (bicyclic) bond motifs is 1. The zero-order chi connectivity index (χ0) is 24.0. The maximum absolute atomic E-state index is 13.1. The molecule has 1 N–H and O–H groups in total. The number of hydrogen-bond acceptors (Lipinski definition) is 7. The third-order valence-electron chi connectivity index (χ3n) is 6.31. The minimum atomic E-state index is -0.204. The number of piperazine rings is 1. The Morgan fingerprint density at radius 1 is 1.03 bits per heavy atom. The van der Waals surface area contributed by atoms with Crippen molar-refractivity contribution >= 4 is 22.8 Å². The molecule has 1 aliphatic rings. The summed E-state index contributed by atoms with van der Waals surface area (Å²) in [6.45, 7) is 5.21. The summed E-state index contributed by atoms with van der Waals surface area (Å²) in [7, 11) is 1.62. The van der Waals surface area contributed by atoms with E-state index < -0.39 is 0 Å². The Kier molecular flexibility index (Phi) is 6.90. The van der Waals surface area contributed by atoms with E-state index in [9.17, 15) is 4.79 Å². The fraction of sp³-hybridized carbons (Fsp3) is 0.296. The van der Waals surface area contributed by atoms with Crippen molar-refractivity contribution in [1.82, 2.24) is 20.2 Å². The number of amides is 1. The van der Waals surface area contributed by atoms with Gasteiger partial charge >= 0.3 is 0 Å². The van der Waals surface area contributed by atoms with Gasteiger partial charge in [-0.1, -0.05) is 30.3 Å². The van der Waals surface area contributed by atoms with Gasteiger partial charge in [0, 0.05) is 62.1 Å². The summed E-state index contributed by atoms with van der Waals surface area (Å²) in [6, 6.07) is 17.3. The Labute approximate surface area is 204 Å². The Bertz CT molecular complexity index is 1270. The number of nitrogens with one attached hydrogen (secondary N) is 1. The van der Waals surface area contributed by atoms with Crippen molar-refractivity contribution in [2.24, 2.45) is 0 Å². The summed E-state index contributed by atoms with van der Waals surface area (Å²) in [6.07, 6.45) is 4.42. The van der Waals surface area contributed by atoms with E-state index in [2.05, 4.69) is 25.1 Å². The normalized spacial score (nSPS) is 14.3. The monoisotopic (exact) mass is 471 g/mol.